The molecular weight excluding hydrogens is 186 g/mol. The minimum atomic E-state index is 0.992. The minimum absolute atomic E-state index is 0.992. The second-order valence-corrected chi connectivity index (χ2v) is 4.50. The van der Waals surface area contributed by atoms with Crippen molar-refractivity contribution >= 4 is 5.95 Å². The number of anilines is 1. The summed E-state index contributed by atoms with van der Waals surface area (Å²) < 4.78 is 2.17. The van der Waals surface area contributed by atoms with E-state index in [-0.39, 0.29) is 0 Å². The molecular formula is C12H21N3. The molecule has 1 aliphatic carbocycles. The van der Waals surface area contributed by atoms with E-state index in [2.05, 4.69) is 28.0 Å². The van der Waals surface area contributed by atoms with Crippen LogP contribution in [0.2, 0.25) is 0 Å². The topological polar surface area (TPSA) is 29.9 Å². The van der Waals surface area contributed by atoms with Gasteiger partial charge in [0.05, 0.1) is 5.69 Å². The van der Waals surface area contributed by atoms with Gasteiger partial charge in [-0.15, -0.1) is 0 Å². The molecule has 0 amide bonds. The fraction of sp³-hybridized carbons (Fsp3) is 0.750. The van der Waals surface area contributed by atoms with E-state index in [9.17, 15) is 0 Å². The van der Waals surface area contributed by atoms with E-state index in [1.807, 2.05) is 6.92 Å². The Bertz CT molecular complexity index is 313. The van der Waals surface area contributed by atoms with Gasteiger partial charge in [-0.05, 0) is 32.6 Å². The smallest absolute Gasteiger partial charge is 0.203 e. The first-order valence-electron chi connectivity index (χ1n) is 6.07. The molecule has 3 heteroatoms. The third kappa shape index (κ3) is 2.98. The SMILES string of the molecule is CCn1cc(C)nc1NCCCC1CC1. The van der Waals surface area contributed by atoms with Gasteiger partial charge in [0.15, 0.2) is 0 Å². The van der Waals surface area contributed by atoms with Crippen LogP contribution in [-0.2, 0) is 6.54 Å². The Labute approximate surface area is 91.9 Å². The summed E-state index contributed by atoms with van der Waals surface area (Å²) in [7, 11) is 0. The van der Waals surface area contributed by atoms with Crippen molar-refractivity contribution in [2.45, 2.75) is 46.1 Å². The van der Waals surface area contributed by atoms with E-state index >= 15 is 0 Å². The highest BCUT2D eigenvalue weighted by Gasteiger charge is 2.19. The molecule has 1 aromatic rings. The lowest BCUT2D eigenvalue weighted by Gasteiger charge is -2.06. The lowest BCUT2D eigenvalue weighted by molar-refractivity contribution is 0.679. The molecule has 0 atom stereocenters. The second-order valence-electron chi connectivity index (χ2n) is 4.50. The van der Waals surface area contributed by atoms with Gasteiger partial charge in [-0.3, -0.25) is 0 Å². The van der Waals surface area contributed by atoms with Crippen LogP contribution in [0.1, 0.15) is 38.3 Å². The first-order chi connectivity index (χ1) is 7.29. The Morgan fingerprint density at radius 3 is 3.00 bits per heavy atom. The maximum Gasteiger partial charge on any atom is 0.203 e. The molecule has 84 valence electrons. The predicted octanol–water partition coefficient (Wildman–Crippen LogP) is 2.81. The van der Waals surface area contributed by atoms with Crippen molar-refractivity contribution in [3.8, 4) is 0 Å². The second kappa shape index (κ2) is 4.69. The maximum atomic E-state index is 4.47. The van der Waals surface area contributed by atoms with Gasteiger partial charge < -0.3 is 9.88 Å². The summed E-state index contributed by atoms with van der Waals surface area (Å²) in [5.41, 5.74) is 1.10. The Balaban J connectivity index is 1.75. The monoisotopic (exact) mass is 207 g/mol. The molecule has 0 bridgehead atoms. The van der Waals surface area contributed by atoms with Crippen LogP contribution in [0, 0.1) is 12.8 Å². The summed E-state index contributed by atoms with van der Waals surface area (Å²) in [5.74, 6) is 2.07. The van der Waals surface area contributed by atoms with Gasteiger partial charge >= 0.3 is 0 Å². The number of nitrogens with zero attached hydrogens (tertiary/aromatic N) is 2. The Kier molecular flexibility index (Phi) is 3.29. The molecule has 1 saturated carbocycles. The number of rotatable bonds is 6. The van der Waals surface area contributed by atoms with Crippen molar-refractivity contribution < 1.29 is 0 Å². The summed E-state index contributed by atoms with van der Waals surface area (Å²) >= 11 is 0. The highest BCUT2D eigenvalue weighted by molar-refractivity contribution is 5.28. The lowest BCUT2D eigenvalue weighted by atomic mass is 10.2. The minimum Gasteiger partial charge on any atom is -0.356 e. The van der Waals surface area contributed by atoms with Gasteiger partial charge in [0, 0.05) is 19.3 Å². The van der Waals surface area contributed by atoms with Gasteiger partial charge in [-0.1, -0.05) is 12.8 Å². The molecule has 0 aromatic carbocycles. The number of hydrogen-bond acceptors (Lipinski definition) is 2. The molecule has 0 unspecified atom stereocenters. The van der Waals surface area contributed by atoms with E-state index in [4.69, 9.17) is 0 Å². The van der Waals surface area contributed by atoms with Gasteiger partial charge in [-0.25, -0.2) is 4.98 Å². The Hall–Kier alpha value is -0.990. The normalized spacial score (nSPS) is 15.6. The van der Waals surface area contributed by atoms with E-state index in [0.717, 1.165) is 30.6 Å². The summed E-state index contributed by atoms with van der Waals surface area (Å²) in [6.07, 6.45) is 7.69. The van der Waals surface area contributed by atoms with Crippen LogP contribution >= 0.6 is 0 Å². The van der Waals surface area contributed by atoms with E-state index < -0.39 is 0 Å². The average molecular weight is 207 g/mol. The molecule has 15 heavy (non-hydrogen) atoms. The fourth-order valence-electron chi connectivity index (χ4n) is 1.93. The van der Waals surface area contributed by atoms with Crippen molar-refractivity contribution in [3.63, 3.8) is 0 Å². The number of nitrogens with one attached hydrogen (secondary N) is 1. The number of imidazole rings is 1. The van der Waals surface area contributed by atoms with Crippen molar-refractivity contribution in [2.75, 3.05) is 11.9 Å². The molecule has 0 spiro atoms. The van der Waals surface area contributed by atoms with Crippen LogP contribution in [0.5, 0.6) is 0 Å². The summed E-state index contributed by atoms with van der Waals surface area (Å²) in [6, 6.07) is 0. The average Bonchev–Trinajstić information content (AvgIpc) is 2.97. The van der Waals surface area contributed by atoms with E-state index in [1.54, 1.807) is 0 Å². The zero-order chi connectivity index (χ0) is 10.7. The van der Waals surface area contributed by atoms with Crippen LogP contribution in [0.4, 0.5) is 5.95 Å². The zero-order valence-electron chi connectivity index (χ0n) is 9.79. The molecule has 1 fully saturated rings. The van der Waals surface area contributed by atoms with Gasteiger partial charge in [0.2, 0.25) is 5.95 Å². The summed E-state index contributed by atoms with van der Waals surface area (Å²) in [6.45, 7) is 6.25. The van der Waals surface area contributed by atoms with Crippen LogP contribution in [0.25, 0.3) is 0 Å². The molecule has 3 nitrogen and oxygen atoms in total. The van der Waals surface area contributed by atoms with Gasteiger partial charge in [-0.2, -0.15) is 0 Å². The third-order valence-corrected chi connectivity index (χ3v) is 3.01. The fourth-order valence-corrected chi connectivity index (χ4v) is 1.93. The van der Waals surface area contributed by atoms with Gasteiger partial charge in [0.1, 0.15) is 0 Å². The molecule has 1 N–H and O–H groups in total. The zero-order valence-corrected chi connectivity index (χ0v) is 9.79. The summed E-state index contributed by atoms with van der Waals surface area (Å²) in [4.78, 5) is 4.47. The van der Waals surface area contributed by atoms with Crippen molar-refractivity contribution in [1.29, 1.82) is 0 Å². The number of hydrogen-bond donors (Lipinski definition) is 1. The molecule has 1 aliphatic rings. The van der Waals surface area contributed by atoms with Gasteiger partial charge in [0.25, 0.3) is 0 Å². The molecule has 0 aliphatic heterocycles. The van der Waals surface area contributed by atoms with Crippen LogP contribution < -0.4 is 5.32 Å². The van der Waals surface area contributed by atoms with Crippen LogP contribution in [0.3, 0.4) is 0 Å². The number of aryl methyl sites for hydroxylation is 2. The molecule has 1 aromatic heterocycles. The lowest BCUT2D eigenvalue weighted by Crippen LogP contribution is -2.08. The highest BCUT2D eigenvalue weighted by atomic mass is 15.2. The highest BCUT2D eigenvalue weighted by Crippen LogP contribution is 2.33. The predicted molar refractivity (Wildman–Crippen MR) is 63.1 cm³/mol. The molecule has 1 heterocycles. The standard InChI is InChI=1S/C12H21N3/c1-3-15-9-10(2)14-12(15)13-8-4-5-11-6-7-11/h9,11H,3-8H2,1-2H3,(H,13,14). The van der Waals surface area contributed by atoms with Crippen molar-refractivity contribution in [2.24, 2.45) is 5.92 Å². The molecule has 2 rings (SSSR count). The number of aromatic nitrogens is 2. The molecule has 0 saturated heterocycles. The first kappa shape index (κ1) is 10.5. The Morgan fingerprint density at radius 2 is 2.33 bits per heavy atom. The summed E-state index contributed by atoms with van der Waals surface area (Å²) in [5, 5.41) is 3.42. The van der Waals surface area contributed by atoms with E-state index in [0.29, 0.717) is 0 Å². The third-order valence-electron chi connectivity index (χ3n) is 3.01. The van der Waals surface area contributed by atoms with Crippen LogP contribution in [0.15, 0.2) is 6.20 Å². The largest absolute Gasteiger partial charge is 0.356 e. The molecule has 0 radical (unpaired) electrons. The van der Waals surface area contributed by atoms with Crippen molar-refractivity contribution in [1.82, 2.24) is 9.55 Å². The quantitative estimate of drug-likeness (QED) is 0.727. The van der Waals surface area contributed by atoms with Crippen molar-refractivity contribution in [3.05, 3.63) is 11.9 Å². The van der Waals surface area contributed by atoms with E-state index in [1.165, 1.54) is 25.7 Å². The maximum absolute atomic E-state index is 4.47. The Morgan fingerprint density at radius 1 is 1.53 bits per heavy atom. The first-order valence-corrected chi connectivity index (χ1v) is 6.07. The van der Waals surface area contributed by atoms with Crippen LogP contribution in [-0.4, -0.2) is 16.1 Å².